The average Bonchev–Trinajstić information content (AvgIpc) is 3.17. The Balaban J connectivity index is 1.86. The number of nitrogens with one attached hydrogen (secondary N) is 1. The number of carbonyl (C=O) groups is 2. The Morgan fingerprint density at radius 3 is 2.69 bits per heavy atom. The predicted molar refractivity (Wildman–Crippen MR) is 125 cm³/mol. The SMILES string of the molecule is C=CCOc1cc([C@H]2CC(=O)Nc3c2sc(C(=O)O)c3-c2ccc(Cl)cc2)ccc1OC. The van der Waals surface area contributed by atoms with Crippen LogP contribution in [0.4, 0.5) is 5.69 Å². The highest BCUT2D eigenvalue weighted by Crippen LogP contribution is 2.50. The van der Waals surface area contributed by atoms with Gasteiger partial charge in [-0.1, -0.05) is 42.5 Å². The van der Waals surface area contributed by atoms with E-state index >= 15 is 0 Å². The van der Waals surface area contributed by atoms with Gasteiger partial charge < -0.3 is 19.9 Å². The zero-order chi connectivity index (χ0) is 22.8. The van der Waals surface area contributed by atoms with E-state index in [1.807, 2.05) is 12.1 Å². The van der Waals surface area contributed by atoms with E-state index in [0.717, 1.165) is 10.4 Å². The van der Waals surface area contributed by atoms with Gasteiger partial charge in [-0.2, -0.15) is 0 Å². The third kappa shape index (κ3) is 4.09. The van der Waals surface area contributed by atoms with E-state index in [9.17, 15) is 14.7 Å². The lowest BCUT2D eigenvalue weighted by Gasteiger charge is -2.24. The summed E-state index contributed by atoms with van der Waals surface area (Å²) in [6.07, 6.45) is 1.83. The number of carboxylic acids is 1. The molecule has 0 bridgehead atoms. The second-order valence-electron chi connectivity index (χ2n) is 7.17. The quantitative estimate of drug-likeness (QED) is 0.426. The van der Waals surface area contributed by atoms with Crippen LogP contribution in [0.1, 0.15) is 32.5 Å². The molecule has 32 heavy (non-hydrogen) atoms. The van der Waals surface area contributed by atoms with E-state index in [1.165, 1.54) is 11.3 Å². The smallest absolute Gasteiger partial charge is 0.346 e. The van der Waals surface area contributed by atoms with Gasteiger partial charge in [-0.25, -0.2) is 4.79 Å². The van der Waals surface area contributed by atoms with Gasteiger partial charge in [-0.3, -0.25) is 4.79 Å². The monoisotopic (exact) mass is 469 g/mol. The second kappa shape index (κ2) is 9.06. The van der Waals surface area contributed by atoms with Crippen molar-refractivity contribution in [3.63, 3.8) is 0 Å². The lowest BCUT2D eigenvalue weighted by atomic mass is 9.88. The van der Waals surface area contributed by atoms with Gasteiger partial charge in [0.05, 0.1) is 12.8 Å². The number of aromatic carboxylic acids is 1. The number of anilines is 1. The summed E-state index contributed by atoms with van der Waals surface area (Å²) in [6, 6.07) is 12.4. The molecule has 1 atom stereocenters. The Bertz CT molecular complexity index is 1200. The van der Waals surface area contributed by atoms with Gasteiger partial charge in [0.1, 0.15) is 11.5 Å². The minimum atomic E-state index is -1.05. The molecule has 0 spiro atoms. The Hall–Kier alpha value is -3.29. The average molecular weight is 470 g/mol. The molecule has 1 aromatic heterocycles. The van der Waals surface area contributed by atoms with Crippen molar-refractivity contribution in [3.8, 4) is 22.6 Å². The second-order valence-corrected chi connectivity index (χ2v) is 8.66. The molecule has 0 unspecified atom stereocenters. The maximum absolute atomic E-state index is 12.7. The van der Waals surface area contributed by atoms with Crippen molar-refractivity contribution in [2.75, 3.05) is 19.0 Å². The normalized spacial score (nSPS) is 14.9. The number of carbonyl (C=O) groups excluding carboxylic acids is 1. The van der Waals surface area contributed by atoms with Crippen molar-refractivity contribution in [1.29, 1.82) is 0 Å². The zero-order valence-corrected chi connectivity index (χ0v) is 18.8. The van der Waals surface area contributed by atoms with Gasteiger partial charge in [-0.05, 0) is 35.4 Å². The van der Waals surface area contributed by atoms with Gasteiger partial charge in [0, 0.05) is 27.8 Å². The number of rotatable bonds is 7. The summed E-state index contributed by atoms with van der Waals surface area (Å²) in [5.41, 5.74) is 2.53. The van der Waals surface area contributed by atoms with Gasteiger partial charge in [0.25, 0.3) is 0 Å². The molecule has 4 rings (SSSR count). The predicted octanol–water partition coefficient (Wildman–Crippen LogP) is 5.81. The van der Waals surface area contributed by atoms with Crippen LogP contribution >= 0.6 is 22.9 Å². The molecule has 2 aromatic carbocycles. The molecule has 0 aliphatic carbocycles. The van der Waals surface area contributed by atoms with Crippen molar-refractivity contribution in [3.05, 3.63) is 75.5 Å². The van der Waals surface area contributed by atoms with Crippen LogP contribution in [0.5, 0.6) is 11.5 Å². The highest BCUT2D eigenvalue weighted by molar-refractivity contribution is 7.15. The number of benzene rings is 2. The summed E-state index contributed by atoms with van der Waals surface area (Å²) >= 11 is 7.18. The number of halogens is 1. The molecular weight excluding hydrogens is 450 g/mol. The first-order valence-electron chi connectivity index (χ1n) is 9.80. The summed E-state index contributed by atoms with van der Waals surface area (Å²) in [6.45, 7) is 3.97. The fourth-order valence-corrected chi connectivity index (χ4v) is 5.14. The number of fused-ring (bicyclic) bond motifs is 1. The summed E-state index contributed by atoms with van der Waals surface area (Å²) in [7, 11) is 1.55. The third-order valence-corrected chi connectivity index (χ3v) is 6.72. The van der Waals surface area contributed by atoms with Crippen LogP contribution in [0.15, 0.2) is 55.1 Å². The van der Waals surface area contributed by atoms with E-state index in [0.29, 0.717) is 39.9 Å². The highest BCUT2D eigenvalue weighted by Gasteiger charge is 2.34. The standard InChI is InChI=1S/C24H20ClNO5S/c1-3-10-31-18-11-14(6-9-17(18)30-2)16-12-19(27)26-21-20(13-4-7-15(25)8-5-13)23(24(28)29)32-22(16)21/h3-9,11,16H,1,10,12H2,2H3,(H,26,27)(H,28,29)/t16-/m1/s1. The first-order valence-corrected chi connectivity index (χ1v) is 11.0. The van der Waals surface area contributed by atoms with Crippen LogP contribution in [-0.2, 0) is 4.79 Å². The van der Waals surface area contributed by atoms with Crippen molar-refractivity contribution >= 4 is 40.5 Å². The highest BCUT2D eigenvalue weighted by atomic mass is 35.5. The number of ether oxygens (including phenoxy) is 2. The molecule has 0 radical (unpaired) electrons. The number of hydrogen-bond donors (Lipinski definition) is 2. The van der Waals surface area contributed by atoms with Gasteiger partial charge in [-0.15, -0.1) is 11.3 Å². The zero-order valence-electron chi connectivity index (χ0n) is 17.2. The topological polar surface area (TPSA) is 84.9 Å². The van der Waals surface area contributed by atoms with Crippen LogP contribution in [0.3, 0.4) is 0 Å². The van der Waals surface area contributed by atoms with E-state index in [1.54, 1.807) is 43.5 Å². The van der Waals surface area contributed by atoms with Gasteiger partial charge in [0.15, 0.2) is 11.5 Å². The molecule has 1 aliphatic rings. The molecule has 1 aliphatic heterocycles. The van der Waals surface area contributed by atoms with E-state index in [2.05, 4.69) is 11.9 Å². The molecule has 2 heterocycles. The van der Waals surface area contributed by atoms with Gasteiger partial charge in [0.2, 0.25) is 5.91 Å². The van der Waals surface area contributed by atoms with Crippen LogP contribution < -0.4 is 14.8 Å². The molecule has 0 fully saturated rings. The largest absolute Gasteiger partial charge is 0.493 e. The lowest BCUT2D eigenvalue weighted by Crippen LogP contribution is -2.22. The van der Waals surface area contributed by atoms with Crippen LogP contribution in [0.2, 0.25) is 5.02 Å². The van der Waals surface area contributed by atoms with Crippen molar-refractivity contribution < 1.29 is 24.2 Å². The minimum absolute atomic E-state index is 0.168. The summed E-state index contributed by atoms with van der Waals surface area (Å²) < 4.78 is 11.1. The molecule has 0 saturated heterocycles. The summed E-state index contributed by atoms with van der Waals surface area (Å²) in [5, 5.41) is 13.3. The number of hydrogen-bond acceptors (Lipinski definition) is 5. The number of amides is 1. The molecule has 1 amide bonds. The number of carboxylic acid groups (broad SMARTS) is 1. The van der Waals surface area contributed by atoms with Gasteiger partial charge >= 0.3 is 5.97 Å². The van der Waals surface area contributed by atoms with Crippen LogP contribution in [0.25, 0.3) is 11.1 Å². The fourth-order valence-electron chi connectivity index (χ4n) is 3.77. The van der Waals surface area contributed by atoms with E-state index in [4.69, 9.17) is 21.1 Å². The molecule has 8 heteroatoms. The maximum Gasteiger partial charge on any atom is 0.346 e. The van der Waals surface area contributed by atoms with Crippen molar-refractivity contribution in [2.45, 2.75) is 12.3 Å². The molecule has 3 aromatic rings. The van der Waals surface area contributed by atoms with Crippen LogP contribution in [-0.4, -0.2) is 30.7 Å². The number of thiophene rings is 1. The summed E-state index contributed by atoms with van der Waals surface area (Å²) in [5.74, 6) is -0.454. The van der Waals surface area contributed by atoms with E-state index in [-0.39, 0.29) is 23.1 Å². The molecule has 164 valence electrons. The summed E-state index contributed by atoms with van der Waals surface area (Å²) in [4.78, 5) is 25.7. The molecule has 0 saturated carbocycles. The Morgan fingerprint density at radius 2 is 2.03 bits per heavy atom. The fraction of sp³-hybridized carbons (Fsp3) is 0.167. The Morgan fingerprint density at radius 1 is 1.28 bits per heavy atom. The Labute approximate surface area is 194 Å². The number of methoxy groups -OCH3 is 1. The van der Waals surface area contributed by atoms with Crippen molar-refractivity contribution in [2.24, 2.45) is 0 Å². The minimum Gasteiger partial charge on any atom is -0.493 e. The maximum atomic E-state index is 12.7. The first-order chi connectivity index (χ1) is 15.4. The molecule has 2 N–H and O–H groups in total. The Kier molecular flexibility index (Phi) is 6.21. The molecular formula is C24H20ClNO5S. The van der Waals surface area contributed by atoms with Crippen molar-refractivity contribution in [1.82, 2.24) is 0 Å². The van der Waals surface area contributed by atoms with E-state index < -0.39 is 5.97 Å². The lowest BCUT2D eigenvalue weighted by molar-refractivity contribution is -0.116. The molecule has 6 nitrogen and oxygen atoms in total. The third-order valence-electron chi connectivity index (χ3n) is 5.18. The first kappa shape index (κ1) is 21.9. The van der Waals surface area contributed by atoms with Crippen LogP contribution in [0, 0.1) is 0 Å².